The summed E-state index contributed by atoms with van der Waals surface area (Å²) in [6.45, 7) is 5.21. The molecule has 5 rings (SSSR count). The van der Waals surface area contributed by atoms with E-state index in [0.29, 0.717) is 24.9 Å². The Balaban J connectivity index is 1.50. The van der Waals surface area contributed by atoms with Gasteiger partial charge in [0.15, 0.2) is 5.69 Å². The van der Waals surface area contributed by atoms with Gasteiger partial charge in [-0.05, 0) is 64.2 Å². The van der Waals surface area contributed by atoms with Crippen LogP contribution >= 0.6 is 0 Å². The number of amides is 4. The Kier molecular flexibility index (Phi) is 6.88. The van der Waals surface area contributed by atoms with Crippen molar-refractivity contribution in [2.45, 2.75) is 70.7 Å². The van der Waals surface area contributed by atoms with Gasteiger partial charge in [0.1, 0.15) is 11.6 Å². The van der Waals surface area contributed by atoms with Crippen LogP contribution < -0.4 is 16.1 Å². The van der Waals surface area contributed by atoms with Crippen LogP contribution in [-0.4, -0.2) is 58.7 Å². The van der Waals surface area contributed by atoms with Crippen molar-refractivity contribution in [2.24, 2.45) is 17.3 Å². The van der Waals surface area contributed by atoms with E-state index in [0.717, 1.165) is 24.3 Å². The fourth-order valence-electron chi connectivity index (χ4n) is 5.03. The van der Waals surface area contributed by atoms with Gasteiger partial charge in [-0.15, -0.1) is 0 Å². The van der Waals surface area contributed by atoms with E-state index in [1.165, 1.54) is 0 Å². The highest BCUT2D eigenvalue weighted by molar-refractivity contribution is 5.96. The van der Waals surface area contributed by atoms with Crippen molar-refractivity contribution in [3.63, 3.8) is 0 Å². The molecule has 0 aromatic carbocycles. The van der Waals surface area contributed by atoms with Gasteiger partial charge in [0.2, 0.25) is 11.7 Å². The molecule has 2 bridgehead atoms. The van der Waals surface area contributed by atoms with Crippen LogP contribution in [0.25, 0.3) is 0 Å². The molecule has 2 heterocycles. The molecule has 2 atom stereocenters. The number of alkyl halides is 3. The second kappa shape index (κ2) is 9.53. The normalized spacial score (nSPS) is 25.3. The minimum Gasteiger partial charge on any atom is -0.442 e. The lowest BCUT2D eigenvalue weighted by Gasteiger charge is -2.63. The van der Waals surface area contributed by atoms with E-state index < -0.39 is 53.1 Å². The molecule has 14 heteroatoms. The molecule has 0 radical (unpaired) electrons. The molecule has 204 valence electrons. The number of aromatic nitrogens is 1. The number of hydrazine groups is 1. The average Bonchev–Trinajstić information content (AvgIpc) is 3.36. The standard InChI is InChI=1S/C23H30F3N5O6/c1-21(2,3)36-20(35)31(11-13-4-5-27-17(13)32)29-19(34)15(10-22-7-12(8-22)9-22)28-18(33)14-6-16(37-30-14)23(24,25)26/h6,12-13,15H,4-5,7-11H2,1-3H3,(H,27,32)(H,28,33)(H,29,34)/t12?,13-,15-,22?/m0/s1. The van der Waals surface area contributed by atoms with Crippen molar-refractivity contribution < 1.29 is 41.6 Å². The maximum atomic E-state index is 13.3. The maximum Gasteiger partial charge on any atom is 0.452 e. The summed E-state index contributed by atoms with van der Waals surface area (Å²) in [6, 6.07) is -0.723. The first-order chi connectivity index (χ1) is 17.1. The van der Waals surface area contributed by atoms with E-state index >= 15 is 0 Å². The molecule has 0 spiro atoms. The molecule has 4 fully saturated rings. The highest BCUT2D eigenvalue weighted by Gasteiger charge is 2.57. The molecule has 3 N–H and O–H groups in total. The van der Waals surface area contributed by atoms with Gasteiger partial charge in [0.05, 0.1) is 12.5 Å². The minimum atomic E-state index is -4.82. The molecular formula is C23H30F3N5O6. The van der Waals surface area contributed by atoms with Crippen molar-refractivity contribution in [1.82, 2.24) is 26.2 Å². The van der Waals surface area contributed by atoms with E-state index in [4.69, 9.17) is 4.74 Å². The molecule has 11 nitrogen and oxygen atoms in total. The number of carbonyl (C=O) groups is 4. The zero-order chi connectivity index (χ0) is 27.2. The second-order valence-corrected chi connectivity index (χ2v) is 11.1. The van der Waals surface area contributed by atoms with Crippen LogP contribution in [0.2, 0.25) is 0 Å². The van der Waals surface area contributed by atoms with Crippen LogP contribution in [0.4, 0.5) is 18.0 Å². The molecule has 3 aliphatic carbocycles. The predicted octanol–water partition coefficient (Wildman–Crippen LogP) is 2.39. The summed E-state index contributed by atoms with van der Waals surface area (Å²) in [5.74, 6) is -3.50. The van der Waals surface area contributed by atoms with Crippen LogP contribution in [0.1, 0.15) is 69.1 Å². The van der Waals surface area contributed by atoms with Gasteiger partial charge in [-0.25, -0.2) is 9.80 Å². The number of ether oxygens (including phenoxy) is 1. The summed E-state index contributed by atoms with van der Waals surface area (Å²) in [5, 5.41) is 9.19. The third-order valence-corrected chi connectivity index (χ3v) is 6.87. The van der Waals surface area contributed by atoms with Gasteiger partial charge in [0, 0.05) is 12.6 Å². The summed E-state index contributed by atoms with van der Waals surface area (Å²) in [4.78, 5) is 51.0. The Morgan fingerprint density at radius 1 is 1.27 bits per heavy atom. The van der Waals surface area contributed by atoms with E-state index in [1.54, 1.807) is 20.8 Å². The molecule has 1 aromatic rings. The van der Waals surface area contributed by atoms with Gasteiger partial charge in [-0.1, -0.05) is 5.16 Å². The highest BCUT2D eigenvalue weighted by Crippen LogP contribution is 2.66. The van der Waals surface area contributed by atoms with Gasteiger partial charge >= 0.3 is 12.3 Å². The molecule has 3 saturated carbocycles. The maximum absolute atomic E-state index is 13.3. The molecular weight excluding hydrogens is 499 g/mol. The number of carbonyl (C=O) groups excluding carboxylic acids is 4. The highest BCUT2D eigenvalue weighted by atomic mass is 19.4. The first-order valence-corrected chi connectivity index (χ1v) is 12.1. The van der Waals surface area contributed by atoms with Crippen LogP contribution in [0.5, 0.6) is 0 Å². The molecule has 4 aliphatic rings. The fraction of sp³-hybridized carbons (Fsp3) is 0.696. The van der Waals surface area contributed by atoms with Crippen LogP contribution in [0.3, 0.4) is 0 Å². The van der Waals surface area contributed by atoms with Gasteiger partial charge in [-0.3, -0.25) is 19.8 Å². The molecule has 0 unspecified atom stereocenters. The van der Waals surface area contributed by atoms with Gasteiger partial charge < -0.3 is 19.9 Å². The minimum absolute atomic E-state index is 0.150. The van der Waals surface area contributed by atoms with Crippen molar-refractivity contribution in [1.29, 1.82) is 0 Å². The fourth-order valence-corrected chi connectivity index (χ4v) is 5.03. The number of nitrogens with zero attached hydrogens (tertiary/aromatic N) is 2. The van der Waals surface area contributed by atoms with Gasteiger partial charge in [0.25, 0.3) is 11.8 Å². The molecule has 1 aromatic heterocycles. The zero-order valence-corrected chi connectivity index (χ0v) is 20.7. The van der Waals surface area contributed by atoms with E-state index in [9.17, 15) is 32.3 Å². The third kappa shape index (κ3) is 6.16. The molecule has 1 saturated heterocycles. The average molecular weight is 530 g/mol. The Bertz CT molecular complexity index is 1060. The largest absolute Gasteiger partial charge is 0.452 e. The summed E-state index contributed by atoms with van der Waals surface area (Å²) < 4.78 is 48.2. The quantitative estimate of drug-likeness (QED) is 0.460. The van der Waals surface area contributed by atoms with Gasteiger partial charge in [-0.2, -0.15) is 13.2 Å². The second-order valence-electron chi connectivity index (χ2n) is 11.1. The Morgan fingerprint density at radius 3 is 2.43 bits per heavy atom. The van der Waals surface area contributed by atoms with Crippen molar-refractivity contribution in [3.8, 4) is 0 Å². The van der Waals surface area contributed by atoms with Crippen LogP contribution in [-0.2, 0) is 20.5 Å². The lowest BCUT2D eigenvalue weighted by Crippen LogP contribution is -2.60. The van der Waals surface area contributed by atoms with Crippen LogP contribution in [0, 0.1) is 17.3 Å². The van der Waals surface area contributed by atoms with Crippen LogP contribution in [0.15, 0.2) is 10.6 Å². The zero-order valence-electron chi connectivity index (χ0n) is 20.7. The Morgan fingerprint density at radius 2 is 1.95 bits per heavy atom. The summed E-state index contributed by atoms with van der Waals surface area (Å²) >= 11 is 0. The summed E-state index contributed by atoms with van der Waals surface area (Å²) in [5.41, 5.74) is 0.794. The molecule has 37 heavy (non-hydrogen) atoms. The Labute approximate surface area is 210 Å². The van der Waals surface area contributed by atoms with E-state index in [2.05, 4.69) is 25.7 Å². The first kappa shape index (κ1) is 26.7. The van der Waals surface area contributed by atoms with Crippen molar-refractivity contribution in [2.75, 3.05) is 13.1 Å². The SMILES string of the molecule is CC(C)(C)OC(=O)N(C[C@@H]1CCNC1=O)NC(=O)[C@H](CC12CC(C1)C2)NC(=O)c1cc(C(F)(F)F)on1. The Hall–Kier alpha value is -3.32. The predicted molar refractivity (Wildman–Crippen MR) is 119 cm³/mol. The smallest absolute Gasteiger partial charge is 0.442 e. The molecule has 4 amide bonds. The summed E-state index contributed by atoms with van der Waals surface area (Å²) in [7, 11) is 0. The number of hydrogen-bond acceptors (Lipinski definition) is 7. The van der Waals surface area contributed by atoms with Crippen molar-refractivity contribution in [3.05, 3.63) is 17.5 Å². The number of halogens is 3. The third-order valence-electron chi connectivity index (χ3n) is 6.87. The lowest BCUT2D eigenvalue weighted by atomic mass is 9.43. The van der Waals surface area contributed by atoms with E-state index in [-0.39, 0.29) is 24.3 Å². The topological polar surface area (TPSA) is 143 Å². The molecule has 1 aliphatic heterocycles. The first-order valence-electron chi connectivity index (χ1n) is 12.1. The number of hydrogen-bond donors (Lipinski definition) is 3. The number of nitrogens with one attached hydrogen (secondary N) is 3. The number of rotatable bonds is 7. The summed E-state index contributed by atoms with van der Waals surface area (Å²) in [6.07, 6.45) is -2.38. The monoisotopic (exact) mass is 529 g/mol. The van der Waals surface area contributed by atoms with E-state index in [1.807, 2.05) is 0 Å². The lowest BCUT2D eigenvalue weighted by molar-refractivity contribution is -0.155. The van der Waals surface area contributed by atoms with Crippen molar-refractivity contribution >= 4 is 23.8 Å².